The van der Waals surface area contributed by atoms with Gasteiger partial charge in [0.15, 0.2) is 0 Å². The minimum atomic E-state index is 0.712. The number of fused-ring (bicyclic) bond motifs is 1. The van der Waals surface area contributed by atoms with Gasteiger partial charge < -0.3 is 4.57 Å². The molecule has 0 radical (unpaired) electrons. The Bertz CT molecular complexity index is 703. The molecule has 0 saturated heterocycles. The minimum Gasteiger partial charge on any atom is -0.315 e. The van der Waals surface area contributed by atoms with E-state index < -0.39 is 0 Å². The first-order valence-electron chi connectivity index (χ1n) is 5.46. The van der Waals surface area contributed by atoms with E-state index in [4.69, 9.17) is 5.26 Å². The molecule has 3 aromatic rings. The molecule has 0 aliphatic heterocycles. The van der Waals surface area contributed by atoms with Crippen LogP contribution in [0.15, 0.2) is 60.8 Å². The highest BCUT2D eigenvalue weighted by Crippen LogP contribution is 2.23. The Hall–Kier alpha value is -2.53. The number of nitrogens with zero attached hydrogens (tertiary/aromatic N) is 2. The summed E-state index contributed by atoms with van der Waals surface area (Å²) < 4.78 is 2.05. The summed E-state index contributed by atoms with van der Waals surface area (Å²) in [7, 11) is 0. The van der Waals surface area contributed by atoms with Crippen molar-refractivity contribution in [1.82, 2.24) is 4.57 Å². The molecule has 80 valence electrons. The van der Waals surface area contributed by atoms with E-state index in [0.29, 0.717) is 5.56 Å². The van der Waals surface area contributed by atoms with E-state index in [1.165, 1.54) is 0 Å². The molecule has 0 amide bonds. The van der Waals surface area contributed by atoms with Crippen LogP contribution < -0.4 is 0 Å². The summed E-state index contributed by atoms with van der Waals surface area (Å²) in [5, 5.41) is 10.1. The molecule has 0 spiro atoms. The number of hydrogen-bond acceptors (Lipinski definition) is 1. The molecule has 0 N–H and O–H groups in total. The molecule has 0 saturated carbocycles. The molecule has 1 aromatic heterocycles. The molecule has 2 nitrogen and oxygen atoms in total. The van der Waals surface area contributed by atoms with Crippen LogP contribution in [0.1, 0.15) is 5.56 Å². The predicted molar refractivity (Wildman–Crippen MR) is 68.0 cm³/mol. The van der Waals surface area contributed by atoms with Crippen molar-refractivity contribution in [1.29, 1.82) is 5.26 Å². The van der Waals surface area contributed by atoms with Gasteiger partial charge in [-0.25, -0.2) is 0 Å². The second kappa shape index (κ2) is 3.80. The zero-order chi connectivity index (χ0) is 11.7. The van der Waals surface area contributed by atoms with Crippen molar-refractivity contribution < 1.29 is 0 Å². The van der Waals surface area contributed by atoms with Gasteiger partial charge in [-0.2, -0.15) is 5.26 Å². The Balaban J connectivity index is 2.35. The Labute approximate surface area is 99.3 Å². The van der Waals surface area contributed by atoms with Crippen LogP contribution in [-0.2, 0) is 0 Å². The third-order valence-electron chi connectivity index (χ3n) is 2.87. The molecule has 0 aliphatic carbocycles. The van der Waals surface area contributed by atoms with E-state index in [1.54, 1.807) is 0 Å². The summed E-state index contributed by atoms with van der Waals surface area (Å²) in [6.07, 6.45) is 1.89. The fourth-order valence-corrected chi connectivity index (χ4v) is 2.07. The number of para-hydroxylation sites is 2. The molecule has 0 atom stereocenters. The second-order valence-corrected chi connectivity index (χ2v) is 3.88. The van der Waals surface area contributed by atoms with Crippen molar-refractivity contribution in [3.05, 3.63) is 66.4 Å². The maximum Gasteiger partial charge on any atom is 0.101 e. The van der Waals surface area contributed by atoms with Crippen LogP contribution in [0.5, 0.6) is 0 Å². The molecular formula is C15H10N2. The van der Waals surface area contributed by atoms with Gasteiger partial charge in [0, 0.05) is 17.3 Å². The Morgan fingerprint density at radius 1 is 0.882 bits per heavy atom. The van der Waals surface area contributed by atoms with Crippen LogP contribution >= 0.6 is 0 Å². The summed E-state index contributed by atoms with van der Waals surface area (Å²) in [5.74, 6) is 0. The standard InChI is InChI=1S/C15H10N2/c16-10-12-11-17(13-6-2-1-3-7-13)15-9-5-4-8-14(12)15/h1-9,11H. The average molecular weight is 218 g/mol. The molecule has 0 fully saturated rings. The van der Waals surface area contributed by atoms with Gasteiger partial charge in [-0.15, -0.1) is 0 Å². The molecule has 2 heteroatoms. The third kappa shape index (κ3) is 1.49. The predicted octanol–water partition coefficient (Wildman–Crippen LogP) is 3.50. The third-order valence-corrected chi connectivity index (χ3v) is 2.87. The van der Waals surface area contributed by atoms with E-state index in [2.05, 4.69) is 6.07 Å². The van der Waals surface area contributed by atoms with Crippen molar-refractivity contribution in [2.24, 2.45) is 0 Å². The number of benzene rings is 2. The molecule has 2 aromatic carbocycles. The van der Waals surface area contributed by atoms with Gasteiger partial charge in [-0.3, -0.25) is 0 Å². The zero-order valence-corrected chi connectivity index (χ0v) is 9.17. The first-order valence-corrected chi connectivity index (χ1v) is 5.46. The van der Waals surface area contributed by atoms with Gasteiger partial charge in [-0.05, 0) is 18.2 Å². The van der Waals surface area contributed by atoms with Gasteiger partial charge in [-0.1, -0.05) is 36.4 Å². The van der Waals surface area contributed by atoms with Crippen LogP contribution in [0.2, 0.25) is 0 Å². The van der Waals surface area contributed by atoms with Gasteiger partial charge in [0.2, 0.25) is 0 Å². The van der Waals surface area contributed by atoms with Crippen molar-refractivity contribution in [2.45, 2.75) is 0 Å². The van der Waals surface area contributed by atoms with Gasteiger partial charge in [0.25, 0.3) is 0 Å². The lowest BCUT2D eigenvalue weighted by atomic mass is 10.2. The van der Waals surface area contributed by atoms with Crippen molar-refractivity contribution in [2.75, 3.05) is 0 Å². The van der Waals surface area contributed by atoms with E-state index in [9.17, 15) is 0 Å². The van der Waals surface area contributed by atoms with Crippen molar-refractivity contribution >= 4 is 10.9 Å². The first kappa shape index (κ1) is 9.68. The number of nitriles is 1. The smallest absolute Gasteiger partial charge is 0.101 e. The normalized spacial score (nSPS) is 10.3. The van der Waals surface area contributed by atoms with Gasteiger partial charge in [0.05, 0.1) is 11.1 Å². The second-order valence-electron chi connectivity index (χ2n) is 3.88. The van der Waals surface area contributed by atoms with E-state index >= 15 is 0 Å². The topological polar surface area (TPSA) is 28.7 Å². The van der Waals surface area contributed by atoms with E-state index in [0.717, 1.165) is 16.6 Å². The Morgan fingerprint density at radius 2 is 1.59 bits per heavy atom. The lowest BCUT2D eigenvalue weighted by Gasteiger charge is -2.03. The molecular weight excluding hydrogens is 208 g/mol. The molecule has 3 rings (SSSR count). The summed E-state index contributed by atoms with van der Waals surface area (Å²) in [6, 6.07) is 20.2. The first-order chi connectivity index (χ1) is 8.40. The fraction of sp³-hybridized carbons (Fsp3) is 0. The van der Waals surface area contributed by atoms with Crippen LogP contribution in [0.3, 0.4) is 0 Å². The van der Waals surface area contributed by atoms with E-state index in [1.807, 2.05) is 65.4 Å². The Kier molecular flexibility index (Phi) is 2.16. The molecule has 0 bridgehead atoms. The van der Waals surface area contributed by atoms with Crippen molar-refractivity contribution in [3.63, 3.8) is 0 Å². The lowest BCUT2D eigenvalue weighted by molar-refractivity contribution is 1.12. The SMILES string of the molecule is N#Cc1cn(-c2ccccc2)c2ccccc12. The van der Waals surface area contributed by atoms with Crippen LogP contribution in [0.4, 0.5) is 0 Å². The number of hydrogen-bond donors (Lipinski definition) is 0. The quantitative estimate of drug-likeness (QED) is 0.614. The highest BCUT2D eigenvalue weighted by molar-refractivity contribution is 5.87. The average Bonchev–Trinajstić information content (AvgIpc) is 2.78. The van der Waals surface area contributed by atoms with E-state index in [-0.39, 0.29) is 0 Å². The molecule has 17 heavy (non-hydrogen) atoms. The Morgan fingerprint density at radius 3 is 2.35 bits per heavy atom. The maximum absolute atomic E-state index is 9.13. The highest BCUT2D eigenvalue weighted by Gasteiger charge is 2.07. The van der Waals surface area contributed by atoms with Crippen LogP contribution in [-0.4, -0.2) is 4.57 Å². The monoisotopic (exact) mass is 218 g/mol. The number of rotatable bonds is 1. The maximum atomic E-state index is 9.13. The van der Waals surface area contributed by atoms with Gasteiger partial charge >= 0.3 is 0 Å². The molecule has 0 unspecified atom stereocenters. The van der Waals surface area contributed by atoms with Crippen LogP contribution in [0, 0.1) is 11.3 Å². The van der Waals surface area contributed by atoms with Gasteiger partial charge in [0.1, 0.15) is 6.07 Å². The lowest BCUT2D eigenvalue weighted by Crippen LogP contribution is -1.90. The summed E-state index contributed by atoms with van der Waals surface area (Å²) >= 11 is 0. The molecule has 1 heterocycles. The fourth-order valence-electron chi connectivity index (χ4n) is 2.07. The summed E-state index contributed by atoms with van der Waals surface area (Å²) in [4.78, 5) is 0. The largest absolute Gasteiger partial charge is 0.315 e. The van der Waals surface area contributed by atoms with Crippen molar-refractivity contribution in [3.8, 4) is 11.8 Å². The summed E-state index contributed by atoms with van der Waals surface area (Å²) in [5.41, 5.74) is 2.85. The summed E-state index contributed by atoms with van der Waals surface area (Å²) in [6.45, 7) is 0. The van der Waals surface area contributed by atoms with Crippen LogP contribution in [0.25, 0.3) is 16.6 Å². The zero-order valence-electron chi connectivity index (χ0n) is 9.17. The minimum absolute atomic E-state index is 0.712. The number of aromatic nitrogens is 1. The highest BCUT2D eigenvalue weighted by atomic mass is 15.0. The molecule has 0 aliphatic rings.